The first-order valence-corrected chi connectivity index (χ1v) is 15.9. The predicted molar refractivity (Wildman–Crippen MR) is 175 cm³/mol. The van der Waals surface area contributed by atoms with Crippen LogP contribution in [0.25, 0.3) is 10.9 Å². The number of rotatable bonds is 10. The number of methoxy groups -OCH3 is 1. The standard InChI is InChI=1S/C18H17N7O3.C12H20N2O3S/c1-24-13(17(26)27)11-12-3-2-4-14(16(12)24)28-15-5-6-19-18(22-15)20-7-9-25-10-8-21-23-25;1-12(2,3)8-6-9(13)11(17-4)10(7-8)14-18(5,15)16/h2-6,8,10-11H,7,9H2,1H3,(H,26,27)(H,19,20,22);6-7,14H,13H2,1-5H3. The molecule has 0 aliphatic carbocycles. The number of aromatic carboxylic acids is 1. The quantitative estimate of drug-likeness (QED) is 0.158. The zero-order valence-corrected chi connectivity index (χ0v) is 27.2. The van der Waals surface area contributed by atoms with Crippen LogP contribution in [0.1, 0.15) is 36.8 Å². The van der Waals surface area contributed by atoms with Crippen molar-refractivity contribution in [1.29, 1.82) is 0 Å². The van der Waals surface area contributed by atoms with Gasteiger partial charge in [0.05, 0.1) is 43.0 Å². The lowest BCUT2D eigenvalue weighted by atomic mass is 9.86. The number of nitrogens with zero attached hydrogens (tertiary/aromatic N) is 6. The minimum atomic E-state index is -3.37. The monoisotopic (exact) mass is 651 g/mol. The third kappa shape index (κ3) is 8.41. The highest BCUT2D eigenvalue weighted by atomic mass is 32.2. The van der Waals surface area contributed by atoms with Gasteiger partial charge in [-0.05, 0) is 35.2 Å². The molecule has 5 aromatic rings. The summed E-state index contributed by atoms with van der Waals surface area (Å²) in [4.78, 5) is 19.9. The number of nitrogens with two attached hydrogens (primary N) is 1. The highest BCUT2D eigenvalue weighted by molar-refractivity contribution is 7.92. The summed E-state index contributed by atoms with van der Waals surface area (Å²) in [6.45, 7) is 7.27. The molecule has 5 rings (SSSR count). The molecular weight excluding hydrogens is 614 g/mol. The van der Waals surface area contributed by atoms with E-state index in [0.29, 0.717) is 53.3 Å². The van der Waals surface area contributed by atoms with Crippen molar-refractivity contribution in [2.24, 2.45) is 7.05 Å². The van der Waals surface area contributed by atoms with Gasteiger partial charge in [0, 0.05) is 37.4 Å². The van der Waals surface area contributed by atoms with Crippen molar-refractivity contribution in [2.45, 2.75) is 32.7 Å². The molecule has 0 radical (unpaired) electrons. The Bertz CT molecular complexity index is 1930. The average molecular weight is 652 g/mol. The molecule has 0 aliphatic rings. The summed E-state index contributed by atoms with van der Waals surface area (Å²) in [6.07, 6.45) is 6.07. The zero-order chi connectivity index (χ0) is 33.6. The second kappa shape index (κ2) is 13.7. The van der Waals surface area contributed by atoms with Gasteiger partial charge in [-0.15, -0.1) is 5.10 Å². The molecule has 3 aromatic heterocycles. The fraction of sp³-hybridized carbons (Fsp3) is 0.300. The van der Waals surface area contributed by atoms with Gasteiger partial charge in [0.1, 0.15) is 5.69 Å². The van der Waals surface area contributed by atoms with Crippen molar-refractivity contribution in [3.8, 4) is 17.4 Å². The molecule has 244 valence electrons. The highest BCUT2D eigenvalue weighted by Gasteiger charge is 2.20. The molecule has 0 unspecified atom stereocenters. The van der Waals surface area contributed by atoms with Crippen molar-refractivity contribution in [2.75, 3.05) is 35.7 Å². The van der Waals surface area contributed by atoms with Crippen LogP contribution in [0.3, 0.4) is 0 Å². The molecule has 0 bridgehead atoms. The second-order valence-corrected chi connectivity index (χ2v) is 13.0. The summed E-state index contributed by atoms with van der Waals surface area (Å²) in [6, 6.07) is 12.2. The largest absolute Gasteiger partial charge is 0.492 e. The number of para-hydroxylation sites is 1. The molecule has 0 amide bonds. The molecular formula is C30H37N9O6S. The first kappa shape index (κ1) is 33.5. The fourth-order valence-corrected chi connectivity index (χ4v) is 5.04. The van der Waals surface area contributed by atoms with Crippen LogP contribution >= 0.6 is 0 Å². The number of nitrogen functional groups attached to an aromatic ring is 1. The van der Waals surface area contributed by atoms with Gasteiger partial charge in [-0.25, -0.2) is 18.2 Å². The van der Waals surface area contributed by atoms with Gasteiger partial charge in [-0.3, -0.25) is 9.40 Å². The van der Waals surface area contributed by atoms with Crippen molar-refractivity contribution in [3.05, 3.63) is 72.3 Å². The van der Waals surface area contributed by atoms with E-state index in [9.17, 15) is 18.3 Å². The van der Waals surface area contributed by atoms with E-state index in [1.165, 1.54) is 7.11 Å². The number of carboxylic acid groups (broad SMARTS) is 1. The van der Waals surface area contributed by atoms with Gasteiger partial charge < -0.3 is 30.2 Å². The van der Waals surface area contributed by atoms with Gasteiger partial charge in [0.15, 0.2) is 11.5 Å². The van der Waals surface area contributed by atoms with Gasteiger partial charge >= 0.3 is 5.97 Å². The third-order valence-electron chi connectivity index (χ3n) is 6.66. The van der Waals surface area contributed by atoms with Gasteiger partial charge in [0.2, 0.25) is 21.9 Å². The first-order valence-electron chi connectivity index (χ1n) is 14.0. The summed E-state index contributed by atoms with van der Waals surface area (Å²) in [5, 5.41) is 20.9. The summed E-state index contributed by atoms with van der Waals surface area (Å²) in [5.74, 6) is 0.630. The molecule has 2 aromatic carbocycles. The molecule has 5 N–H and O–H groups in total. The van der Waals surface area contributed by atoms with E-state index < -0.39 is 16.0 Å². The van der Waals surface area contributed by atoms with E-state index in [1.807, 2.05) is 32.9 Å². The van der Waals surface area contributed by atoms with Crippen molar-refractivity contribution in [3.63, 3.8) is 0 Å². The minimum Gasteiger partial charge on any atom is -0.492 e. The summed E-state index contributed by atoms with van der Waals surface area (Å²) in [5.41, 5.74) is 8.34. The number of hydrogen-bond acceptors (Lipinski definition) is 11. The molecule has 0 atom stereocenters. The molecule has 3 heterocycles. The van der Waals surface area contributed by atoms with Crippen LogP contribution in [-0.4, -0.2) is 68.9 Å². The number of hydrogen-bond donors (Lipinski definition) is 4. The molecule has 0 saturated heterocycles. The van der Waals surface area contributed by atoms with Crippen LogP contribution in [0.2, 0.25) is 0 Å². The van der Waals surface area contributed by atoms with Gasteiger partial charge in [-0.2, -0.15) is 4.98 Å². The van der Waals surface area contributed by atoms with E-state index in [-0.39, 0.29) is 11.1 Å². The van der Waals surface area contributed by atoms with Crippen LogP contribution in [-0.2, 0) is 29.0 Å². The lowest BCUT2D eigenvalue weighted by Gasteiger charge is -2.22. The number of ether oxygens (including phenoxy) is 2. The Morgan fingerprint density at radius 3 is 2.52 bits per heavy atom. The Balaban J connectivity index is 0.000000232. The predicted octanol–water partition coefficient (Wildman–Crippen LogP) is 4.11. The summed E-state index contributed by atoms with van der Waals surface area (Å²) >= 11 is 0. The molecule has 16 heteroatoms. The maximum absolute atomic E-state index is 11.4. The topological polar surface area (TPSA) is 201 Å². The number of anilines is 3. The summed E-state index contributed by atoms with van der Waals surface area (Å²) in [7, 11) is -0.230. The number of carboxylic acids is 1. The number of nitrogens with one attached hydrogen (secondary N) is 2. The fourth-order valence-electron chi connectivity index (χ4n) is 4.49. The van der Waals surface area contributed by atoms with E-state index in [4.69, 9.17) is 15.2 Å². The molecule has 46 heavy (non-hydrogen) atoms. The average Bonchev–Trinajstić information content (AvgIpc) is 3.60. The number of sulfonamides is 1. The Labute approximate surface area is 266 Å². The molecule has 15 nitrogen and oxygen atoms in total. The lowest BCUT2D eigenvalue weighted by molar-refractivity contribution is 0.0687. The first-order chi connectivity index (χ1) is 21.7. The van der Waals surface area contributed by atoms with Crippen LogP contribution in [0, 0.1) is 0 Å². The Kier molecular flexibility index (Phi) is 10.00. The third-order valence-corrected chi connectivity index (χ3v) is 7.25. The van der Waals surface area contributed by atoms with E-state index in [0.717, 1.165) is 17.2 Å². The van der Waals surface area contributed by atoms with Crippen molar-refractivity contribution in [1.82, 2.24) is 29.5 Å². The van der Waals surface area contributed by atoms with Crippen LogP contribution in [0.4, 0.5) is 17.3 Å². The number of carbonyl (C=O) groups is 1. The van der Waals surface area contributed by atoms with Gasteiger partial charge in [0.25, 0.3) is 0 Å². The maximum Gasteiger partial charge on any atom is 0.352 e. The molecule has 0 fully saturated rings. The number of benzene rings is 2. The number of fused-ring (bicyclic) bond motifs is 1. The van der Waals surface area contributed by atoms with Gasteiger partial charge in [-0.1, -0.05) is 38.1 Å². The van der Waals surface area contributed by atoms with Crippen molar-refractivity contribution < 1.29 is 27.8 Å². The van der Waals surface area contributed by atoms with Crippen LogP contribution in [0.5, 0.6) is 17.4 Å². The highest BCUT2D eigenvalue weighted by Crippen LogP contribution is 2.37. The van der Waals surface area contributed by atoms with Crippen molar-refractivity contribution >= 4 is 44.2 Å². The Morgan fingerprint density at radius 1 is 1.13 bits per heavy atom. The van der Waals surface area contributed by atoms with Crippen LogP contribution < -0.4 is 25.2 Å². The Morgan fingerprint density at radius 2 is 1.89 bits per heavy atom. The number of aryl methyl sites for hydroxylation is 1. The Hall–Kier alpha value is -5.38. The van der Waals surface area contributed by atoms with E-state index in [1.54, 1.807) is 65.2 Å². The minimum absolute atomic E-state index is 0.131. The van der Waals surface area contributed by atoms with E-state index in [2.05, 4.69) is 30.3 Å². The molecule has 0 spiro atoms. The van der Waals surface area contributed by atoms with Crippen LogP contribution in [0.15, 0.2) is 61.1 Å². The molecule has 0 saturated carbocycles. The smallest absolute Gasteiger partial charge is 0.352 e. The molecule has 0 aliphatic heterocycles. The van der Waals surface area contributed by atoms with E-state index >= 15 is 0 Å². The maximum atomic E-state index is 11.4. The second-order valence-electron chi connectivity index (χ2n) is 11.3. The SMILES string of the molecule is COc1c(N)cc(C(C)(C)C)cc1NS(C)(=O)=O.Cn1c(C(=O)O)cc2cccc(Oc3ccnc(NCCn4ccnn4)n3)c21. The zero-order valence-electron chi connectivity index (χ0n) is 26.3. The number of aromatic nitrogens is 6. The normalized spacial score (nSPS) is 11.4. The summed E-state index contributed by atoms with van der Waals surface area (Å²) < 4.78 is 39.4. The lowest BCUT2D eigenvalue weighted by Crippen LogP contribution is -2.15.